The van der Waals surface area contributed by atoms with Crippen molar-refractivity contribution in [3.63, 3.8) is 0 Å². The summed E-state index contributed by atoms with van der Waals surface area (Å²) in [5.41, 5.74) is 1.83. The van der Waals surface area contributed by atoms with Crippen molar-refractivity contribution in [2.24, 2.45) is 0 Å². The molecule has 24 heavy (non-hydrogen) atoms. The van der Waals surface area contributed by atoms with Crippen molar-refractivity contribution in [1.82, 2.24) is 10.2 Å². The molecule has 4 nitrogen and oxygen atoms in total. The lowest BCUT2D eigenvalue weighted by Gasteiger charge is -2.32. The number of nitrogens with one attached hydrogen (secondary N) is 1. The van der Waals surface area contributed by atoms with Gasteiger partial charge in [0.1, 0.15) is 0 Å². The number of likely N-dealkylation sites (tertiary alicyclic amines) is 1. The van der Waals surface area contributed by atoms with Gasteiger partial charge in [-0.1, -0.05) is 25.1 Å². The molecule has 2 heterocycles. The number of thiophene rings is 1. The van der Waals surface area contributed by atoms with Gasteiger partial charge in [0, 0.05) is 24.7 Å². The average molecular weight is 342 g/mol. The van der Waals surface area contributed by atoms with Crippen LogP contribution in [0.5, 0.6) is 0 Å². The van der Waals surface area contributed by atoms with Gasteiger partial charge in [-0.3, -0.25) is 9.59 Å². The van der Waals surface area contributed by atoms with E-state index in [0.29, 0.717) is 13.1 Å². The van der Waals surface area contributed by atoms with Gasteiger partial charge in [-0.05, 0) is 48.4 Å². The second kappa shape index (κ2) is 7.62. The number of amides is 2. The molecule has 2 aromatic rings. The summed E-state index contributed by atoms with van der Waals surface area (Å²) in [6, 6.07) is 11.5. The SMILES string of the molecule is CCc1ccsc1C(=O)NC1CCN(C(=O)c2ccccc2)CC1. The van der Waals surface area contributed by atoms with Crippen molar-refractivity contribution in [2.75, 3.05) is 13.1 Å². The number of aryl methyl sites for hydroxylation is 1. The lowest BCUT2D eigenvalue weighted by Crippen LogP contribution is -2.46. The van der Waals surface area contributed by atoms with Gasteiger partial charge in [0.05, 0.1) is 4.88 Å². The topological polar surface area (TPSA) is 49.4 Å². The number of carbonyl (C=O) groups excluding carboxylic acids is 2. The van der Waals surface area contributed by atoms with Crippen LogP contribution in [0.2, 0.25) is 0 Å². The largest absolute Gasteiger partial charge is 0.348 e. The molecule has 0 aliphatic carbocycles. The van der Waals surface area contributed by atoms with Gasteiger partial charge in [-0.25, -0.2) is 0 Å². The molecule has 1 aliphatic heterocycles. The standard InChI is InChI=1S/C19H22N2O2S/c1-2-14-10-13-24-17(14)18(22)20-16-8-11-21(12-9-16)19(23)15-6-4-3-5-7-15/h3-7,10,13,16H,2,8-9,11-12H2,1H3,(H,20,22). The quantitative estimate of drug-likeness (QED) is 0.926. The third-order valence-electron chi connectivity index (χ3n) is 4.47. The first-order valence-corrected chi connectivity index (χ1v) is 9.28. The fourth-order valence-corrected chi connectivity index (χ4v) is 3.95. The van der Waals surface area contributed by atoms with Crippen molar-refractivity contribution in [3.8, 4) is 0 Å². The predicted molar refractivity (Wildman–Crippen MR) is 96.5 cm³/mol. The Morgan fingerprint density at radius 2 is 1.88 bits per heavy atom. The highest BCUT2D eigenvalue weighted by atomic mass is 32.1. The molecular weight excluding hydrogens is 320 g/mol. The molecule has 2 amide bonds. The predicted octanol–water partition coefficient (Wildman–Crippen LogP) is 3.35. The normalized spacial score (nSPS) is 15.3. The minimum Gasteiger partial charge on any atom is -0.348 e. The summed E-state index contributed by atoms with van der Waals surface area (Å²) < 4.78 is 0. The smallest absolute Gasteiger partial charge is 0.261 e. The van der Waals surface area contributed by atoms with Gasteiger partial charge in [0.25, 0.3) is 11.8 Å². The molecule has 1 aromatic heterocycles. The van der Waals surface area contributed by atoms with Crippen LogP contribution in [0.3, 0.4) is 0 Å². The van der Waals surface area contributed by atoms with Crippen LogP contribution in [0.15, 0.2) is 41.8 Å². The van der Waals surface area contributed by atoms with E-state index in [9.17, 15) is 9.59 Å². The van der Waals surface area contributed by atoms with Gasteiger partial charge >= 0.3 is 0 Å². The molecule has 0 spiro atoms. The summed E-state index contributed by atoms with van der Waals surface area (Å²) in [5, 5.41) is 5.10. The first-order chi connectivity index (χ1) is 11.7. The minimum absolute atomic E-state index is 0.0229. The monoisotopic (exact) mass is 342 g/mol. The minimum atomic E-state index is 0.0229. The van der Waals surface area contributed by atoms with Crippen LogP contribution < -0.4 is 5.32 Å². The molecular formula is C19H22N2O2S. The number of piperidine rings is 1. The Hall–Kier alpha value is -2.14. The second-order valence-corrected chi connectivity index (χ2v) is 6.95. The van der Waals surface area contributed by atoms with E-state index in [0.717, 1.165) is 35.3 Å². The molecule has 0 radical (unpaired) electrons. The van der Waals surface area contributed by atoms with Crippen LogP contribution in [0.25, 0.3) is 0 Å². The summed E-state index contributed by atoms with van der Waals surface area (Å²) in [6.45, 7) is 3.43. The summed E-state index contributed by atoms with van der Waals surface area (Å²) in [5.74, 6) is 0.0987. The molecule has 1 fully saturated rings. The molecule has 5 heteroatoms. The Kier molecular flexibility index (Phi) is 5.30. The van der Waals surface area contributed by atoms with Gasteiger partial charge in [0.15, 0.2) is 0 Å². The van der Waals surface area contributed by atoms with Crippen molar-refractivity contribution in [2.45, 2.75) is 32.2 Å². The lowest BCUT2D eigenvalue weighted by molar-refractivity contribution is 0.0698. The van der Waals surface area contributed by atoms with Crippen LogP contribution >= 0.6 is 11.3 Å². The summed E-state index contributed by atoms with van der Waals surface area (Å²) in [7, 11) is 0. The summed E-state index contributed by atoms with van der Waals surface area (Å²) >= 11 is 1.50. The van der Waals surface area contributed by atoms with Crippen LogP contribution in [0, 0.1) is 0 Å². The Bertz CT molecular complexity index is 703. The molecule has 0 bridgehead atoms. The maximum absolute atomic E-state index is 12.4. The highest BCUT2D eigenvalue weighted by Crippen LogP contribution is 2.19. The zero-order valence-corrected chi connectivity index (χ0v) is 14.6. The fraction of sp³-hybridized carbons (Fsp3) is 0.368. The zero-order valence-electron chi connectivity index (χ0n) is 13.8. The van der Waals surface area contributed by atoms with E-state index >= 15 is 0 Å². The van der Waals surface area contributed by atoms with E-state index < -0.39 is 0 Å². The van der Waals surface area contributed by atoms with Crippen molar-refractivity contribution in [3.05, 3.63) is 57.8 Å². The number of rotatable bonds is 4. The van der Waals surface area contributed by atoms with E-state index in [1.165, 1.54) is 11.3 Å². The Balaban J connectivity index is 1.54. The third kappa shape index (κ3) is 3.67. The lowest BCUT2D eigenvalue weighted by atomic mass is 10.0. The molecule has 1 saturated heterocycles. The van der Waals surface area contributed by atoms with Crippen LogP contribution in [0.4, 0.5) is 0 Å². The van der Waals surface area contributed by atoms with E-state index in [-0.39, 0.29) is 17.9 Å². The highest BCUT2D eigenvalue weighted by molar-refractivity contribution is 7.12. The van der Waals surface area contributed by atoms with Gasteiger partial charge in [0.2, 0.25) is 0 Å². The van der Waals surface area contributed by atoms with E-state index in [1.54, 1.807) is 0 Å². The molecule has 1 N–H and O–H groups in total. The van der Waals surface area contributed by atoms with E-state index in [2.05, 4.69) is 12.2 Å². The summed E-state index contributed by atoms with van der Waals surface area (Å²) in [6.07, 6.45) is 2.48. The van der Waals surface area contributed by atoms with Gasteiger partial charge < -0.3 is 10.2 Å². The second-order valence-electron chi connectivity index (χ2n) is 6.03. The molecule has 1 aromatic carbocycles. The highest BCUT2D eigenvalue weighted by Gasteiger charge is 2.25. The van der Waals surface area contributed by atoms with Crippen LogP contribution in [-0.2, 0) is 6.42 Å². The molecule has 3 rings (SSSR count). The Morgan fingerprint density at radius 1 is 1.17 bits per heavy atom. The van der Waals surface area contributed by atoms with Crippen LogP contribution in [-0.4, -0.2) is 35.8 Å². The maximum atomic E-state index is 12.4. The van der Waals surface area contributed by atoms with E-state index in [4.69, 9.17) is 0 Å². The first-order valence-electron chi connectivity index (χ1n) is 8.40. The molecule has 0 saturated carbocycles. The maximum Gasteiger partial charge on any atom is 0.261 e. The number of carbonyl (C=O) groups is 2. The zero-order chi connectivity index (χ0) is 16.9. The average Bonchev–Trinajstić information content (AvgIpc) is 3.11. The number of hydrogen-bond acceptors (Lipinski definition) is 3. The van der Waals surface area contributed by atoms with Gasteiger partial charge in [-0.2, -0.15) is 0 Å². The Labute approximate surface area is 146 Å². The molecule has 0 unspecified atom stereocenters. The van der Waals surface area contributed by atoms with Gasteiger partial charge in [-0.15, -0.1) is 11.3 Å². The van der Waals surface area contributed by atoms with Crippen molar-refractivity contribution >= 4 is 23.2 Å². The number of benzene rings is 1. The van der Waals surface area contributed by atoms with Crippen molar-refractivity contribution in [1.29, 1.82) is 0 Å². The van der Waals surface area contributed by atoms with Crippen molar-refractivity contribution < 1.29 is 9.59 Å². The molecule has 1 aliphatic rings. The Morgan fingerprint density at radius 3 is 2.54 bits per heavy atom. The fourth-order valence-electron chi connectivity index (χ4n) is 3.05. The third-order valence-corrected chi connectivity index (χ3v) is 5.43. The molecule has 0 atom stereocenters. The summed E-state index contributed by atoms with van der Waals surface area (Å²) in [4.78, 5) is 27.5. The van der Waals surface area contributed by atoms with Crippen LogP contribution in [0.1, 0.15) is 45.4 Å². The van der Waals surface area contributed by atoms with E-state index in [1.807, 2.05) is 46.7 Å². The number of nitrogens with zero attached hydrogens (tertiary/aromatic N) is 1. The molecule has 126 valence electrons. The number of hydrogen-bond donors (Lipinski definition) is 1. The first kappa shape index (κ1) is 16.7.